The van der Waals surface area contributed by atoms with Gasteiger partial charge in [0.1, 0.15) is 6.54 Å². The van der Waals surface area contributed by atoms with Crippen molar-refractivity contribution in [3.8, 4) is 0 Å². The first kappa shape index (κ1) is 13.1. The van der Waals surface area contributed by atoms with Crippen LogP contribution in [0.25, 0.3) is 0 Å². The van der Waals surface area contributed by atoms with Crippen LogP contribution in [0.15, 0.2) is 61.1 Å². The second-order valence-electron chi connectivity index (χ2n) is 4.64. The van der Waals surface area contributed by atoms with E-state index >= 15 is 0 Å². The van der Waals surface area contributed by atoms with Crippen molar-refractivity contribution in [2.75, 3.05) is 5.32 Å². The van der Waals surface area contributed by atoms with Crippen molar-refractivity contribution in [2.24, 2.45) is 0 Å². The lowest BCUT2D eigenvalue weighted by molar-refractivity contribution is -0.116. The van der Waals surface area contributed by atoms with Crippen LogP contribution in [0.5, 0.6) is 0 Å². The van der Waals surface area contributed by atoms with E-state index in [-0.39, 0.29) is 12.5 Å². The number of amides is 1. The molecule has 0 fully saturated rings. The highest BCUT2D eigenvalue weighted by atomic mass is 16.2. The first-order valence-electron chi connectivity index (χ1n) is 6.64. The summed E-state index contributed by atoms with van der Waals surface area (Å²) in [5, 5.41) is 11.1. The lowest BCUT2D eigenvalue weighted by atomic mass is 10.2. The van der Waals surface area contributed by atoms with Crippen LogP contribution in [0.4, 0.5) is 5.82 Å². The summed E-state index contributed by atoms with van der Waals surface area (Å²) in [6, 6.07) is 13.6. The van der Waals surface area contributed by atoms with Gasteiger partial charge in [0.05, 0.1) is 6.54 Å². The molecule has 6 heteroatoms. The smallest absolute Gasteiger partial charge is 0.247 e. The number of benzene rings is 1. The van der Waals surface area contributed by atoms with Crippen LogP contribution in [-0.4, -0.2) is 25.5 Å². The summed E-state index contributed by atoms with van der Waals surface area (Å²) >= 11 is 0. The number of nitrogens with one attached hydrogen (secondary N) is 1. The van der Waals surface area contributed by atoms with E-state index in [1.165, 1.54) is 0 Å². The topological polar surface area (TPSA) is 64.7 Å². The number of nitrogens with zero attached hydrogens (tertiary/aromatic N) is 4. The fraction of sp³-hybridized carbons (Fsp3) is 0.133. The van der Waals surface area contributed by atoms with Crippen molar-refractivity contribution in [1.29, 1.82) is 0 Å². The highest BCUT2D eigenvalue weighted by Crippen LogP contribution is 2.06. The fourth-order valence-corrected chi connectivity index (χ4v) is 2.01. The molecule has 3 rings (SSSR count). The molecule has 1 aromatic carbocycles. The summed E-state index contributed by atoms with van der Waals surface area (Å²) in [4.78, 5) is 11.8. The van der Waals surface area contributed by atoms with E-state index in [0.29, 0.717) is 12.4 Å². The molecule has 0 unspecified atom stereocenters. The summed E-state index contributed by atoms with van der Waals surface area (Å²) in [5.41, 5.74) is 1.16. The van der Waals surface area contributed by atoms with Crippen molar-refractivity contribution in [2.45, 2.75) is 13.1 Å². The average Bonchev–Trinajstić information content (AvgIpc) is 3.12. The van der Waals surface area contributed by atoms with Crippen LogP contribution in [0.3, 0.4) is 0 Å². The van der Waals surface area contributed by atoms with Crippen LogP contribution in [-0.2, 0) is 17.9 Å². The Morgan fingerprint density at radius 3 is 2.67 bits per heavy atom. The minimum absolute atomic E-state index is 0.149. The average molecular weight is 281 g/mol. The molecule has 21 heavy (non-hydrogen) atoms. The highest BCUT2D eigenvalue weighted by molar-refractivity contribution is 5.89. The number of hydrogen-bond acceptors (Lipinski definition) is 3. The van der Waals surface area contributed by atoms with Gasteiger partial charge >= 0.3 is 0 Å². The Hall–Kier alpha value is -2.89. The first-order valence-corrected chi connectivity index (χ1v) is 6.64. The number of anilines is 1. The molecule has 1 N–H and O–H groups in total. The van der Waals surface area contributed by atoms with E-state index in [9.17, 15) is 4.79 Å². The van der Waals surface area contributed by atoms with Gasteiger partial charge in [0.25, 0.3) is 0 Å². The minimum atomic E-state index is -0.149. The predicted molar refractivity (Wildman–Crippen MR) is 78.6 cm³/mol. The molecule has 0 aliphatic heterocycles. The van der Waals surface area contributed by atoms with Gasteiger partial charge < -0.3 is 5.32 Å². The number of carbonyl (C=O) groups excluding carboxylic acids is 1. The predicted octanol–water partition coefficient (Wildman–Crippen LogP) is 1.77. The molecular formula is C15H15N5O. The summed E-state index contributed by atoms with van der Waals surface area (Å²) in [5.74, 6) is 0.395. The molecular weight excluding hydrogens is 266 g/mol. The molecule has 0 atom stereocenters. The lowest BCUT2D eigenvalue weighted by Crippen LogP contribution is -2.19. The zero-order valence-electron chi connectivity index (χ0n) is 11.4. The number of hydrogen-bond donors (Lipinski definition) is 1. The monoisotopic (exact) mass is 281 g/mol. The molecule has 1 amide bonds. The maximum absolute atomic E-state index is 11.8. The molecule has 0 bridgehead atoms. The van der Waals surface area contributed by atoms with Crippen molar-refractivity contribution in [3.05, 3.63) is 66.6 Å². The third-order valence-electron chi connectivity index (χ3n) is 2.96. The second-order valence-corrected chi connectivity index (χ2v) is 4.64. The number of rotatable bonds is 5. The molecule has 2 aromatic heterocycles. The largest absolute Gasteiger partial charge is 0.308 e. The molecule has 6 nitrogen and oxygen atoms in total. The van der Waals surface area contributed by atoms with Gasteiger partial charge in [-0.25, -0.2) is 0 Å². The van der Waals surface area contributed by atoms with Crippen molar-refractivity contribution in [3.63, 3.8) is 0 Å². The molecule has 106 valence electrons. The van der Waals surface area contributed by atoms with Crippen LogP contribution in [0.2, 0.25) is 0 Å². The molecule has 0 aliphatic rings. The van der Waals surface area contributed by atoms with Gasteiger partial charge in [-0.3, -0.25) is 14.2 Å². The standard InChI is InChI=1S/C15H15N5O/c21-15(12-19-9-4-8-16-19)17-14-7-10-20(18-14)11-13-5-2-1-3-6-13/h1-10H,11-12H2,(H,17,18,21). The number of carbonyl (C=O) groups is 1. The van der Waals surface area contributed by atoms with E-state index in [2.05, 4.69) is 15.5 Å². The van der Waals surface area contributed by atoms with E-state index in [1.807, 2.05) is 36.5 Å². The third kappa shape index (κ3) is 3.56. The lowest BCUT2D eigenvalue weighted by Gasteiger charge is -2.03. The van der Waals surface area contributed by atoms with Crippen LogP contribution in [0, 0.1) is 0 Å². The molecule has 3 aromatic rings. The maximum Gasteiger partial charge on any atom is 0.247 e. The van der Waals surface area contributed by atoms with E-state index in [0.717, 1.165) is 5.56 Å². The number of aromatic nitrogens is 4. The molecule has 0 aliphatic carbocycles. The minimum Gasteiger partial charge on any atom is -0.308 e. The van der Waals surface area contributed by atoms with Gasteiger partial charge in [0.2, 0.25) is 5.91 Å². The fourth-order valence-electron chi connectivity index (χ4n) is 2.01. The highest BCUT2D eigenvalue weighted by Gasteiger charge is 2.06. The zero-order valence-corrected chi connectivity index (χ0v) is 11.4. The Labute approximate surface area is 122 Å². The molecule has 2 heterocycles. The Morgan fingerprint density at radius 1 is 1.05 bits per heavy atom. The molecule has 0 radical (unpaired) electrons. The van der Waals surface area contributed by atoms with Crippen LogP contribution >= 0.6 is 0 Å². The van der Waals surface area contributed by atoms with Gasteiger partial charge in [0.15, 0.2) is 5.82 Å². The van der Waals surface area contributed by atoms with E-state index < -0.39 is 0 Å². The van der Waals surface area contributed by atoms with Crippen LogP contribution < -0.4 is 5.32 Å². The Bertz CT molecular complexity index is 703. The third-order valence-corrected chi connectivity index (χ3v) is 2.96. The quantitative estimate of drug-likeness (QED) is 0.775. The summed E-state index contributed by atoms with van der Waals surface area (Å²) in [6.45, 7) is 0.856. The van der Waals surface area contributed by atoms with Gasteiger partial charge in [-0.1, -0.05) is 30.3 Å². The first-order chi connectivity index (χ1) is 10.3. The van der Waals surface area contributed by atoms with Crippen molar-refractivity contribution in [1.82, 2.24) is 19.6 Å². The SMILES string of the molecule is O=C(Cn1cccn1)Nc1ccn(Cc2ccccc2)n1. The normalized spacial score (nSPS) is 10.5. The van der Waals surface area contributed by atoms with Gasteiger partial charge in [-0.05, 0) is 11.6 Å². The summed E-state index contributed by atoms with van der Waals surface area (Å²) in [6.07, 6.45) is 5.23. The van der Waals surface area contributed by atoms with Gasteiger partial charge in [-0.15, -0.1) is 0 Å². The summed E-state index contributed by atoms with van der Waals surface area (Å²) in [7, 11) is 0. The maximum atomic E-state index is 11.8. The van der Waals surface area contributed by atoms with Crippen LogP contribution in [0.1, 0.15) is 5.56 Å². The van der Waals surface area contributed by atoms with E-state index in [1.54, 1.807) is 33.9 Å². The van der Waals surface area contributed by atoms with Gasteiger partial charge in [0, 0.05) is 24.7 Å². The Morgan fingerprint density at radius 2 is 1.90 bits per heavy atom. The van der Waals surface area contributed by atoms with E-state index in [4.69, 9.17) is 0 Å². The summed E-state index contributed by atoms with van der Waals surface area (Å²) < 4.78 is 3.36. The molecule has 0 spiro atoms. The van der Waals surface area contributed by atoms with Crippen molar-refractivity contribution >= 4 is 11.7 Å². The second kappa shape index (κ2) is 6.04. The Balaban J connectivity index is 1.59. The molecule has 0 saturated carbocycles. The van der Waals surface area contributed by atoms with Gasteiger partial charge in [-0.2, -0.15) is 10.2 Å². The molecule has 0 saturated heterocycles. The van der Waals surface area contributed by atoms with Crippen molar-refractivity contribution < 1.29 is 4.79 Å². The Kier molecular flexibility index (Phi) is 3.77. The zero-order chi connectivity index (χ0) is 14.5.